The van der Waals surface area contributed by atoms with Gasteiger partial charge < -0.3 is 15.2 Å². The number of methoxy groups -OCH3 is 1. The molecule has 0 radical (unpaired) electrons. The Labute approximate surface area is 216 Å². The fourth-order valence-corrected chi connectivity index (χ4v) is 8.02. The van der Waals surface area contributed by atoms with Gasteiger partial charge in [-0.1, -0.05) is 23.7 Å². The second kappa shape index (κ2) is 9.66. The van der Waals surface area contributed by atoms with E-state index >= 15 is 0 Å². The van der Waals surface area contributed by atoms with Crippen molar-refractivity contribution < 1.29 is 19.4 Å². The Morgan fingerprint density at radius 1 is 1.10 bits per heavy atom. The number of amides is 1. The second-order valence-electron chi connectivity index (χ2n) is 5.68. The van der Waals surface area contributed by atoms with Crippen molar-refractivity contribution >= 4 is 108 Å². The number of hydrogen-bond donors (Lipinski definition) is 2. The Bertz CT molecular complexity index is 1120. The van der Waals surface area contributed by atoms with Crippen LogP contribution >= 0.6 is 90.7 Å². The molecular weight excluding hydrogens is 754 g/mol. The van der Waals surface area contributed by atoms with Crippen LogP contribution in [0.3, 0.4) is 0 Å². The SMILES string of the molecule is COc1c(I)cc(I)c(C(=O)Nc2scc(-c3ccc(Cl)cc3)c2C(=O)O)c1I. The zero-order valence-corrected chi connectivity index (χ0v) is 22.6. The number of rotatable bonds is 5. The average Bonchev–Trinajstić information content (AvgIpc) is 3.06. The van der Waals surface area contributed by atoms with E-state index in [0.717, 1.165) is 7.14 Å². The molecule has 0 saturated carbocycles. The first-order valence-electron chi connectivity index (χ1n) is 7.88. The van der Waals surface area contributed by atoms with E-state index in [9.17, 15) is 14.7 Å². The van der Waals surface area contributed by atoms with Gasteiger partial charge in [0.25, 0.3) is 5.91 Å². The average molecular weight is 766 g/mol. The summed E-state index contributed by atoms with van der Waals surface area (Å²) in [6.45, 7) is 0. The highest BCUT2D eigenvalue weighted by molar-refractivity contribution is 14.1. The lowest BCUT2D eigenvalue weighted by molar-refractivity contribution is 0.0699. The predicted octanol–water partition coefficient (Wildman–Crippen LogP) is 6.84. The highest BCUT2D eigenvalue weighted by Gasteiger charge is 2.25. The van der Waals surface area contributed by atoms with E-state index in [2.05, 4.69) is 73.1 Å². The lowest BCUT2D eigenvalue weighted by atomic mass is 10.0. The molecule has 1 amide bonds. The lowest BCUT2D eigenvalue weighted by Crippen LogP contribution is -2.17. The molecule has 1 aromatic heterocycles. The Hall–Kier alpha value is -0.640. The quantitative estimate of drug-likeness (QED) is 0.279. The van der Waals surface area contributed by atoms with Gasteiger partial charge in [0.1, 0.15) is 16.3 Å². The smallest absolute Gasteiger partial charge is 0.339 e. The van der Waals surface area contributed by atoms with E-state index in [1.807, 2.05) is 6.07 Å². The van der Waals surface area contributed by atoms with Gasteiger partial charge in [0.15, 0.2) is 0 Å². The molecule has 0 atom stereocenters. The molecule has 0 bridgehead atoms. The number of hydrogen-bond acceptors (Lipinski definition) is 4. The molecule has 0 aliphatic carbocycles. The van der Waals surface area contributed by atoms with E-state index in [4.69, 9.17) is 16.3 Å². The third kappa shape index (κ3) is 4.83. The van der Waals surface area contributed by atoms with Crippen LogP contribution in [0.2, 0.25) is 5.02 Å². The Balaban J connectivity index is 2.02. The van der Waals surface area contributed by atoms with Gasteiger partial charge in [0.05, 0.1) is 19.8 Å². The van der Waals surface area contributed by atoms with Crippen LogP contribution in [-0.2, 0) is 0 Å². The summed E-state index contributed by atoms with van der Waals surface area (Å²) in [4.78, 5) is 25.0. The molecule has 0 aliphatic rings. The molecule has 2 N–H and O–H groups in total. The van der Waals surface area contributed by atoms with Gasteiger partial charge in [0.2, 0.25) is 0 Å². The minimum atomic E-state index is -1.11. The molecule has 3 rings (SSSR count). The summed E-state index contributed by atoms with van der Waals surface area (Å²) in [5, 5.41) is 15.1. The first kappa shape index (κ1) is 23.0. The maximum absolute atomic E-state index is 13.0. The third-order valence-corrected chi connectivity index (χ3v) is 7.78. The zero-order valence-electron chi connectivity index (χ0n) is 14.6. The van der Waals surface area contributed by atoms with Crippen LogP contribution in [0.25, 0.3) is 11.1 Å². The summed E-state index contributed by atoms with van der Waals surface area (Å²) in [5.74, 6) is -0.889. The van der Waals surface area contributed by atoms with Gasteiger partial charge in [-0.15, -0.1) is 11.3 Å². The van der Waals surface area contributed by atoms with E-state index in [0.29, 0.717) is 31.0 Å². The summed E-state index contributed by atoms with van der Waals surface area (Å²) in [6, 6.07) is 8.74. The van der Waals surface area contributed by atoms with Crippen molar-refractivity contribution in [3.05, 3.63) is 62.6 Å². The Morgan fingerprint density at radius 2 is 1.76 bits per heavy atom. The fourth-order valence-electron chi connectivity index (χ4n) is 2.64. The minimum Gasteiger partial charge on any atom is -0.495 e. The Kier molecular flexibility index (Phi) is 7.67. The van der Waals surface area contributed by atoms with Crippen molar-refractivity contribution in [3.63, 3.8) is 0 Å². The normalized spacial score (nSPS) is 10.7. The highest BCUT2D eigenvalue weighted by atomic mass is 127. The van der Waals surface area contributed by atoms with Crippen molar-refractivity contribution in [1.29, 1.82) is 0 Å². The molecule has 0 unspecified atom stereocenters. The summed E-state index contributed by atoms with van der Waals surface area (Å²) >= 11 is 13.4. The van der Waals surface area contributed by atoms with Crippen LogP contribution in [0.15, 0.2) is 35.7 Å². The number of halogens is 4. The topological polar surface area (TPSA) is 75.6 Å². The maximum Gasteiger partial charge on any atom is 0.339 e. The minimum absolute atomic E-state index is 0.0492. The number of aromatic carboxylic acids is 1. The molecule has 0 aliphatic heterocycles. The first-order chi connectivity index (χ1) is 13.7. The first-order valence-corrected chi connectivity index (χ1v) is 12.4. The fraction of sp³-hybridized carbons (Fsp3) is 0.0526. The van der Waals surface area contributed by atoms with Crippen molar-refractivity contribution in [2.45, 2.75) is 0 Å². The second-order valence-corrected chi connectivity index (χ2v) is 10.4. The summed E-state index contributed by atoms with van der Waals surface area (Å²) in [5.41, 5.74) is 1.73. The largest absolute Gasteiger partial charge is 0.495 e. The monoisotopic (exact) mass is 765 g/mol. The molecular formula is C19H11ClI3NO4S. The van der Waals surface area contributed by atoms with Gasteiger partial charge in [-0.25, -0.2) is 4.79 Å². The third-order valence-electron chi connectivity index (χ3n) is 3.95. The number of benzene rings is 2. The molecule has 0 spiro atoms. The maximum atomic E-state index is 13.0. The number of ether oxygens (including phenoxy) is 1. The van der Waals surface area contributed by atoms with Crippen LogP contribution in [0.5, 0.6) is 5.75 Å². The molecule has 0 saturated heterocycles. The summed E-state index contributed by atoms with van der Waals surface area (Å²) < 4.78 is 7.72. The van der Waals surface area contributed by atoms with Crippen molar-refractivity contribution in [2.75, 3.05) is 12.4 Å². The summed E-state index contributed by atoms with van der Waals surface area (Å²) in [6.07, 6.45) is 0. The van der Waals surface area contributed by atoms with Gasteiger partial charge in [0, 0.05) is 19.5 Å². The molecule has 3 aromatic rings. The predicted molar refractivity (Wildman–Crippen MR) is 141 cm³/mol. The number of thiophene rings is 1. The van der Waals surface area contributed by atoms with Crippen molar-refractivity contribution in [3.8, 4) is 16.9 Å². The van der Waals surface area contributed by atoms with Gasteiger partial charge >= 0.3 is 5.97 Å². The summed E-state index contributed by atoms with van der Waals surface area (Å²) in [7, 11) is 1.55. The molecule has 2 aromatic carbocycles. The standard InChI is InChI=1S/C19H11ClI3NO4S/c1-28-16-12(22)6-11(21)14(15(16)23)17(25)24-18-13(19(26)27)10(7-29-18)8-2-4-9(20)5-3-8/h2-7H,1H3,(H,24,25)(H,26,27). The number of nitrogens with one attached hydrogen (secondary N) is 1. The lowest BCUT2D eigenvalue weighted by Gasteiger charge is -2.13. The van der Waals surface area contributed by atoms with Crippen LogP contribution in [0, 0.1) is 10.7 Å². The number of carbonyl (C=O) groups is 2. The number of carboxylic acids is 1. The van der Waals surface area contributed by atoms with Crippen LogP contribution in [0.4, 0.5) is 5.00 Å². The van der Waals surface area contributed by atoms with Crippen LogP contribution < -0.4 is 10.1 Å². The van der Waals surface area contributed by atoms with Crippen LogP contribution in [0.1, 0.15) is 20.7 Å². The van der Waals surface area contributed by atoms with Crippen molar-refractivity contribution in [1.82, 2.24) is 0 Å². The van der Waals surface area contributed by atoms with Gasteiger partial charge in [-0.05, 0) is 91.5 Å². The highest BCUT2D eigenvalue weighted by Crippen LogP contribution is 2.38. The number of carboxylic acid groups (broad SMARTS) is 1. The van der Waals surface area contributed by atoms with Gasteiger partial charge in [-0.2, -0.15) is 0 Å². The molecule has 1 heterocycles. The molecule has 29 heavy (non-hydrogen) atoms. The van der Waals surface area contributed by atoms with Crippen molar-refractivity contribution in [2.24, 2.45) is 0 Å². The molecule has 10 heteroatoms. The molecule has 5 nitrogen and oxygen atoms in total. The number of carbonyl (C=O) groups excluding carboxylic acids is 1. The van der Waals surface area contributed by atoms with E-state index in [1.165, 1.54) is 11.3 Å². The van der Waals surface area contributed by atoms with Gasteiger partial charge in [-0.3, -0.25) is 4.79 Å². The Morgan fingerprint density at radius 3 is 2.34 bits per heavy atom. The van der Waals surface area contributed by atoms with Crippen LogP contribution in [-0.4, -0.2) is 24.1 Å². The molecule has 0 fully saturated rings. The van der Waals surface area contributed by atoms with E-state index < -0.39 is 5.97 Å². The number of anilines is 1. The molecule has 150 valence electrons. The van der Waals surface area contributed by atoms with E-state index in [1.54, 1.807) is 36.8 Å². The van der Waals surface area contributed by atoms with E-state index in [-0.39, 0.29) is 16.5 Å². The zero-order chi connectivity index (χ0) is 21.3.